The number of H-pyrrole nitrogens is 1. The summed E-state index contributed by atoms with van der Waals surface area (Å²) in [7, 11) is 1.51. The van der Waals surface area contributed by atoms with Gasteiger partial charge in [-0.1, -0.05) is 42.5 Å². The van der Waals surface area contributed by atoms with Gasteiger partial charge in [0.1, 0.15) is 29.5 Å². The van der Waals surface area contributed by atoms with Crippen LogP contribution in [0, 0.1) is 0 Å². The van der Waals surface area contributed by atoms with E-state index in [0.29, 0.717) is 60.5 Å². The number of aryl methyl sites for hydroxylation is 2. The molecule has 272 valence electrons. The molecule has 6 aromatic rings. The predicted molar refractivity (Wildman–Crippen MR) is 202 cm³/mol. The maximum absolute atomic E-state index is 11.8. The van der Waals surface area contributed by atoms with Gasteiger partial charge in [-0.15, -0.1) is 0 Å². The summed E-state index contributed by atoms with van der Waals surface area (Å²) in [4.78, 5) is 3.26. The quantitative estimate of drug-likeness (QED) is 0.0872. The van der Waals surface area contributed by atoms with Crippen LogP contribution < -0.4 is 14.2 Å². The zero-order chi connectivity index (χ0) is 36.6. The van der Waals surface area contributed by atoms with Crippen molar-refractivity contribution in [3.05, 3.63) is 136 Å². The van der Waals surface area contributed by atoms with Gasteiger partial charge in [-0.3, -0.25) is 0 Å². The molecule has 53 heavy (non-hydrogen) atoms. The molecule has 0 amide bonds. The van der Waals surface area contributed by atoms with Crippen molar-refractivity contribution in [3.63, 3.8) is 0 Å². The molecular weight excluding hydrogens is 670 g/mol. The molecule has 0 radical (unpaired) electrons. The SMILES string of the molecule is COc1cc(C2Oc3cc(OC(CO)CO)c4c(c3CC2O)CC(Cc2ccc3[nH]ccc3c2)c2cc(O)ccc2-4)cc(CCc2ccccc2)c1O. The van der Waals surface area contributed by atoms with Gasteiger partial charge < -0.3 is 44.7 Å². The first-order valence-electron chi connectivity index (χ1n) is 18.1. The highest BCUT2D eigenvalue weighted by atomic mass is 16.5. The monoisotopic (exact) mass is 713 g/mol. The minimum absolute atomic E-state index is 0.0183. The number of aromatic nitrogens is 1. The Bertz CT molecular complexity index is 2260. The fraction of sp³-hybridized carbons (Fsp3) is 0.273. The van der Waals surface area contributed by atoms with Crippen molar-refractivity contribution < 1.29 is 39.7 Å². The van der Waals surface area contributed by atoms with Crippen molar-refractivity contribution in [3.8, 4) is 39.9 Å². The van der Waals surface area contributed by atoms with Crippen LogP contribution in [-0.4, -0.2) is 63.0 Å². The number of methoxy groups -OCH3 is 1. The molecule has 2 aliphatic rings. The van der Waals surface area contributed by atoms with Crippen molar-refractivity contribution in [2.45, 2.75) is 56.3 Å². The summed E-state index contributed by atoms with van der Waals surface area (Å²) in [5.41, 5.74) is 9.19. The van der Waals surface area contributed by atoms with Crippen LogP contribution >= 0.6 is 0 Å². The highest BCUT2D eigenvalue weighted by Gasteiger charge is 2.38. The van der Waals surface area contributed by atoms with E-state index in [2.05, 4.69) is 29.2 Å². The fourth-order valence-electron chi connectivity index (χ4n) is 8.09. The largest absolute Gasteiger partial charge is 0.508 e. The van der Waals surface area contributed by atoms with Gasteiger partial charge in [0.15, 0.2) is 11.5 Å². The van der Waals surface area contributed by atoms with Crippen LogP contribution in [0.5, 0.6) is 28.7 Å². The molecule has 5 aromatic carbocycles. The number of phenols is 2. The number of nitrogens with one attached hydrogen (secondary N) is 1. The minimum Gasteiger partial charge on any atom is -0.508 e. The minimum atomic E-state index is -0.923. The number of hydrogen-bond donors (Lipinski definition) is 6. The van der Waals surface area contributed by atoms with E-state index in [0.717, 1.165) is 49.8 Å². The Morgan fingerprint density at radius 3 is 2.45 bits per heavy atom. The second kappa shape index (κ2) is 14.5. The zero-order valence-electron chi connectivity index (χ0n) is 29.5. The van der Waals surface area contributed by atoms with E-state index in [1.165, 1.54) is 7.11 Å². The summed E-state index contributed by atoms with van der Waals surface area (Å²) >= 11 is 0. The Morgan fingerprint density at radius 2 is 1.66 bits per heavy atom. The molecule has 3 unspecified atom stereocenters. The van der Waals surface area contributed by atoms with Crippen molar-refractivity contribution in [1.82, 2.24) is 4.98 Å². The zero-order valence-corrected chi connectivity index (χ0v) is 29.5. The molecule has 0 saturated carbocycles. The number of ether oxygens (including phenoxy) is 3. The van der Waals surface area contributed by atoms with E-state index in [4.69, 9.17) is 14.2 Å². The first-order chi connectivity index (χ1) is 25.8. The van der Waals surface area contributed by atoms with Crippen LogP contribution in [0.3, 0.4) is 0 Å². The maximum Gasteiger partial charge on any atom is 0.161 e. The van der Waals surface area contributed by atoms with Gasteiger partial charge in [0.05, 0.1) is 26.4 Å². The molecule has 6 N–H and O–H groups in total. The van der Waals surface area contributed by atoms with Gasteiger partial charge in [0, 0.05) is 35.3 Å². The number of aromatic amines is 1. The van der Waals surface area contributed by atoms with Gasteiger partial charge in [0.2, 0.25) is 0 Å². The summed E-state index contributed by atoms with van der Waals surface area (Å²) in [5, 5.41) is 54.8. The molecular formula is C44H43NO8. The van der Waals surface area contributed by atoms with Crippen LogP contribution in [0.4, 0.5) is 0 Å². The Hall–Kier alpha value is -5.48. The van der Waals surface area contributed by atoms with Crippen molar-refractivity contribution in [2.24, 2.45) is 0 Å². The third-order valence-corrected chi connectivity index (χ3v) is 10.7. The summed E-state index contributed by atoms with van der Waals surface area (Å²) in [5.74, 6) is 1.49. The van der Waals surface area contributed by atoms with Crippen molar-refractivity contribution >= 4 is 10.9 Å². The number of rotatable bonds is 11. The lowest BCUT2D eigenvalue weighted by atomic mass is 9.73. The molecule has 1 aromatic heterocycles. The van der Waals surface area contributed by atoms with Gasteiger partial charge in [0.25, 0.3) is 0 Å². The van der Waals surface area contributed by atoms with Gasteiger partial charge in [-0.05, 0) is 118 Å². The van der Waals surface area contributed by atoms with E-state index in [-0.39, 0.29) is 17.4 Å². The fourth-order valence-corrected chi connectivity index (χ4v) is 8.09. The van der Waals surface area contributed by atoms with E-state index >= 15 is 0 Å². The standard InChI is InChI=1S/C44H43NO8/c1-51-41-19-30(17-28(43(41)50)9-7-25-5-3-2-4-6-25)44-38(49)21-35-36-18-29(16-26-8-12-37-27(15-26)13-14-45-37)34-20-31(48)10-11-33(34)42(36)40(22-39(35)53-44)52-32(23-46)24-47/h2-6,8,10-15,17,19-20,22,29,32,38,44-50H,7,9,16,18,21,23-24H2,1H3. The Labute approximate surface area is 307 Å². The maximum atomic E-state index is 11.8. The molecule has 9 nitrogen and oxygen atoms in total. The predicted octanol–water partition coefficient (Wildman–Crippen LogP) is 6.69. The first-order valence-corrected chi connectivity index (χ1v) is 18.1. The number of aliphatic hydroxyl groups is 3. The number of aromatic hydroxyl groups is 2. The normalized spacial score (nSPS) is 17.6. The first kappa shape index (κ1) is 34.6. The summed E-state index contributed by atoms with van der Waals surface area (Å²) < 4.78 is 18.6. The average molecular weight is 714 g/mol. The molecule has 3 atom stereocenters. The lowest BCUT2D eigenvalue weighted by molar-refractivity contribution is 0.0195. The van der Waals surface area contributed by atoms with Crippen LogP contribution in [0.1, 0.15) is 51.0 Å². The van der Waals surface area contributed by atoms with E-state index < -0.39 is 31.5 Å². The van der Waals surface area contributed by atoms with Crippen molar-refractivity contribution in [2.75, 3.05) is 20.3 Å². The third kappa shape index (κ3) is 6.68. The topological polar surface area (TPSA) is 145 Å². The second-order valence-corrected chi connectivity index (χ2v) is 14.1. The second-order valence-electron chi connectivity index (χ2n) is 14.1. The Balaban J connectivity index is 1.20. The molecule has 0 saturated heterocycles. The number of hydrogen-bond acceptors (Lipinski definition) is 8. The molecule has 8 rings (SSSR count). The van der Waals surface area contributed by atoms with Gasteiger partial charge >= 0.3 is 0 Å². The average Bonchev–Trinajstić information content (AvgIpc) is 3.65. The smallest absolute Gasteiger partial charge is 0.161 e. The van der Waals surface area contributed by atoms with E-state index in [9.17, 15) is 25.5 Å². The van der Waals surface area contributed by atoms with E-state index in [1.807, 2.05) is 54.7 Å². The van der Waals surface area contributed by atoms with Crippen LogP contribution in [-0.2, 0) is 32.1 Å². The van der Waals surface area contributed by atoms with Gasteiger partial charge in [-0.2, -0.15) is 0 Å². The summed E-state index contributed by atoms with van der Waals surface area (Å²) in [6.07, 6.45) is 2.20. The summed E-state index contributed by atoms with van der Waals surface area (Å²) in [6, 6.07) is 29.2. The van der Waals surface area contributed by atoms with Gasteiger partial charge in [-0.25, -0.2) is 0 Å². The Morgan fingerprint density at radius 1 is 0.830 bits per heavy atom. The lowest BCUT2D eigenvalue weighted by Gasteiger charge is -2.37. The highest BCUT2D eigenvalue weighted by Crippen LogP contribution is 2.52. The third-order valence-electron chi connectivity index (χ3n) is 10.7. The van der Waals surface area contributed by atoms with Crippen LogP contribution in [0.15, 0.2) is 97.2 Å². The van der Waals surface area contributed by atoms with Crippen LogP contribution in [0.2, 0.25) is 0 Å². The van der Waals surface area contributed by atoms with E-state index in [1.54, 1.807) is 18.2 Å². The Kier molecular flexibility index (Phi) is 9.47. The molecule has 0 fully saturated rings. The molecule has 2 heterocycles. The molecule has 9 heteroatoms. The number of fused-ring (bicyclic) bond motifs is 6. The summed E-state index contributed by atoms with van der Waals surface area (Å²) in [6.45, 7) is -0.785. The number of aliphatic hydroxyl groups excluding tert-OH is 3. The molecule has 1 aliphatic heterocycles. The lowest BCUT2D eigenvalue weighted by Crippen LogP contribution is -2.32. The number of benzene rings is 5. The molecule has 0 bridgehead atoms. The molecule has 1 aliphatic carbocycles. The number of phenolic OH excluding ortho intramolecular Hbond substituents is 2. The van der Waals surface area contributed by atoms with Crippen LogP contribution in [0.25, 0.3) is 22.0 Å². The van der Waals surface area contributed by atoms with Crippen molar-refractivity contribution in [1.29, 1.82) is 0 Å². The highest BCUT2D eigenvalue weighted by molar-refractivity contribution is 5.83. The molecule has 0 spiro atoms.